The van der Waals surface area contributed by atoms with Gasteiger partial charge in [-0.25, -0.2) is 4.79 Å². The number of hydrogen-bond donors (Lipinski definition) is 2. The van der Waals surface area contributed by atoms with Crippen molar-refractivity contribution in [1.29, 1.82) is 0 Å². The van der Waals surface area contributed by atoms with Crippen LogP contribution in [-0.2, 0) is 4.79 Å². The molecule has 3 N–H and O–H groups in total. The monoisotopic (exact) mass is 179 g/mol. The minimum absolute atomic E-state index is 0.833. The lowest BCUT2D eigenvalue weighted by Gasteiger charge is -1.91. The van der Waals surface area contributed by atoms with Gasteiger partial charge in [-0.3, -0.25) is 0 Å². The topological polar surface area (TPSA) is 63.3 Å². The average Bonchev–Trinajstić information content (AvgIpc) is 2.05. The van der Waals surface area contributed by atoms with Gasteiger partial charge in [-0.1, -0.05) is 18.7 Å². The summed E-state index contributed by atoms with van der Waals surface area (Å²) in [6.45, 7) is 4.98. The average molecular weight is 179 g/mol. The van der Waals surface area contributed by atoms with Crippen molar-refractivity contribution in [2.45, 2.75) is 6.92 Å². The van der Waals surface area contributed by atoms with E-state index in [1.807, 2.05) is 31.2 Å². The zero-order chi connectivity index (χ0) is 10.3. The standard InChI is InChI=1S/C7H9N.C3H4O2/c1-6-3-2-4-7(8)5-6;1-2-3(4)5/h2-5H,8H2,1H3;2H,1H2,(H,4,5). The van der Waals surface area contributed by atoms with Crippen molar-refractivity contribution in [2.24, 2.45) is 0 Å². The Kier molecular flexibility index (Phi) is 5.03. The van der Waals surface area contributed by atoms with Crippen LogP contribution in [0.1, 0.15) is 5.56 Å². The molecule has 1 rings (SSSR count). The van der Waals surface area contributed by atoms with Gasteiger partial charge in [-0.2, -0.15) is 0 Å². The van der Waals surface area contributed by atoms with Gasteiger partial charge in [0.1, 0.15) is 0 Å². The maximum atomic E-state index is 9.25. The van der Waals surface area contributed by atoms with Crippen molar-refractivity contribution < 1.29 is 9.90 Å². The number of hydrogen-bond acceptors (Lipinski definition) is 2. The SMILES string of the molecule is C=CC(=O)O.Cc1cccc(N)c1. The van der Waals surface area contributed by atoms with Crippen LogP contribution in [0.3, 0.4) is 0 Å². The van der Waals surface area contributed by atoms with Crippen LogP contribution < -0.4 is 5.73 Å². The summed E-state index contributed by atoms with van der Waals surface area (Å²) in [7, 11) is 0. The van der Waals surface area contributed by atoms with Crippen LogP contribution in [0.2, 0.25) is 0 Å². The van der Waals surface area contributed by atoms with E-state index in [4.69, 9.17) is 10.8 Å². The Bertz CT molecular complexity index is 277. The Balaban J connectivity index is 0.000000252. The van der Waals surface area contributed by atoms with E-state index < -0.39 is 5.97 Å². The summed E-state index contributed by atoms with van der Waals surface area (Å²) >= 11 is 0. The Morgan fingerprint density at radius 3 is 2.38 bits per heavy atom. The fourth-order valence-electron chi connectivity index (χ4n) is 0.670. The van der Waals surface area contributed by atoms with Gasteiger partial charge in [-0.15, -0.1) is 0 Å². The lowest BCUT2D eigenvalue weighted by molar-refractivity contribution is -0.131. The first-order valence-corrected chi connectivity index (χ1v) is 3.73. The van der Waals surface area contributed by atoms with Crippen molar-refractivity contribution in [2.75, 3.05) is 5.73 Å². The molecule has 0 unspecified atom stereocenters. The number of benzene rings is 1. The Morgan fingerprint density at radius 1 is 1.62 bits per heavy atom. The van der Waals surface area contributed by atoms with E-state index in [9.17, 15) is 4.79 Å². The molecule has 0 atom stereocenters. The third-order valence-electron chi connectivity index (χ3n) is 1.22. The minimum atomic E-state index is -0.981. The van der Waals surface area contributed by atoms with Crippen LogP contribution in [-0.4, -0.2) is 11.1 Å². The minimum Gasteiger partial charge on any atom is -0.478 e. The van der Waals surface area contributed by atoms with Crippen LogP contribution >= 0.6 is 0 Å². The van der Waals surface area contributed by atoms with E-state index in [1.54, 1.807) is 0 Å². The molecule has 0 amide bonds. The molecule has 0 aliphatic rings. The van der Waals surface area contributed by atoms with Gasteiger partial charge in [0, 0.05) is 11.8 Å². The second kappa shape index (κ2) is 5.83. The van der Waals surface area contributed by atoms with Gasteiger partial charge in [0.2, 0.25) is 0 Å². The molecule has 0 aliphatic carbocycles. The molecule has 0 spiro atoms. The van der Waals surface area contributed by atoms with Gasteiger partial charge >= 0.3 is 5.97 Å². The predicted molar refractivity (Wildman–Crippen MR) is 53.4 cm³/mol. The normalized spacial score (nSPS) is 8.08. The Morgan fingerprint density at radius 2 is 2.15 bits per heavy atom. The second-order valence-corrected chi connectivity index (χ2v) is 2.46. The highest BCUT2D eigenvalue weighted by atomic mass is 16.4. The maximum Gasteiger partial charge on any atom is 0.327 e. The van der Waals surface area contributed by atoms with Crippen molar-refractivity contribution in [1.82, 2.24) is 0 Å². The number of carboxylic acids is 1. The van der Waals surface area contributed by atoms with Gasteiger partial charge in [0.15, 0.2) is 0 Å². The van der Waals surface area contributed by atoms with E-state index in [0.717, 1.165) is 11.8 Å². The zero-order valence-corrected chi connectivity index (χ0v) is 7.53. The molecule has 0 saturated heterocycles. The van der Waals surface area contributed by atoms with E-state index in [1.165, 1.54) is 5.56 Å². The van der Waals surface area contributed by atoms with Crippen LogP contribution in [0.25, 0.3) is 0 Å². The molecule has 1 aromatic rings. The van der Waals surface area contributed by atoms with E-state index >= 15 is 0 Å². The molecular weight excluding hydrogens is 166 g/mol. The summed E-state index contributed by atoms with van der Waals surface area (Å²) in [5, 5.41) is 7.60. The largest absolute Gasteiger partial charge is 0.478 e. The zero-order valence-electron chi connectivity index (χ0n) is 7.53. The van der Waals surface area contributed by atoms with Gasteiger partial charge in [-0.05, 0) is 24.6 Å². The molecule has 0 aromatic heterocycles. The third kappa shape index (κ3) is 6.62. The fourth-order valence-corrected chi connectivity index (χ4v) is 0.670. The Hall–Kier alpha value is -1.77. The second-order valence-electron chi connectivity index (χ2n) is 2.46. The summed E-state index contributed by atoms with van der Waals surface area (Å²) in [5.41, 5.74) is 7.51. The highest BCUT2D eigenvalue weighted by Gasteiger charge is 1.81. The summed E-state index contributed by atoms with van der Waals surface area (Å²) in [4.78, 5) is 9.25. The number of nitrogen functional groups attached to an aromatic ring is 1. The smallest absolute Gasteiger partial charge is 0.327 e. The van der Waals surface area contributed by atoms with Gasteiger partial charge < -0.3 is 10.8 Å². The summed E-state index contributed by atoms with van der Waals surface area (Å²) < 4.78 is 0. The van der Waals surface area contributed by atoms with E-state index in [-0.39, 0.29) is 0 Å². The van der Waals surface area contributed by atoms with Gasteiger partial charge in [0.05, 0.1) is 0 Å². The molecule has 1 aromatic carbocycles. The summed E-state index contributed by atoms with van der Waals surface area (Å²) in [6, 6.07) is 7.80. The lowest BCUT2D eigenvalue weighted by atomic mass is 10.2. The number of rotatable bonds is 1. The van der Waals surface area contributed by atoms with Crippen molar-refractivity contribution in [3.05, 3.63) is 42.5 Å². The number of carbonyl (C=O) groups is 1. The highest BCUT2D eigenvalue weighted by Crippen LogP contribution is 2.03. The highest BCUT2D eigenvalue weighted by molar-refractivity contribution is 5.78. The molecule has 0 radical (unpaired) electrons. The first kappa shape index (κ1) is 11.2. The molecule has 70 valence electrons. The Labute approximate surface area is 77.5 Å². The lowest BCUT2D eigenvalue weighted by Crippen LogP contribution is -1.82. The molecule has 13 heavy (non-hydrogen) atoms. The van der Waals surface area contributed by atoms with Crippen molar-refractivity contribution in [3.8, 4) is 0 Å². The third-order valence-corrected chi connectivity index (χ3v) is 1.22. The number of anilines is 1. The fraction of sp³-hybridized carbons (Fsp3) is 0.100. The van der Waals surface area contributed by atoms with Gasteiger partial charge in [0.25, 0.3) is 0 Å². The summed E-state index contributed by atoms with van der Waals surface area (Å²) in [6.07, 6.45) is 0.833. The number of aliphatic carboxylic acids is 1. The number of carboxylic acid groups (broad SMARTS) is 1. The molecule has 3 nitrogen and oxygen atoms in total. The van der Waals surface area contributed by atoms with Crippen LogP contribution in [0, 0.1) is 6.92 Å². The molecule has 0 saturated carbocycles. The first-order chi connectivity index (χ1) is 6.06. The quantitative estimate of drug-likeness (QED) is 0.510. The predicted octanol–water partition coefficient (Wildman–Crippen LogP) is 1.83. The van der Waals surface area contributed by atoms with Crippen LogP contribution in [0.15, 0.2) is 36.9 Å². The number of nitrogens with two attached hydrogens (primary N) is 1. The van der Waals surface area contributed by atoms with Crippen molar-refractivity contribution in [3.63, 3.8) is 0 Å². The molecule has 0 bridgehead atoms. The summed E-state index contributed by atoms with van der Waals surface area (Å²) in [5.74, 6) is -0.981. The molecule has 0 fully saturated rings. The molecule has 3 heteroatoms. The van der Waals surface area contributed by atoms with E-state index in [2.05, 4.69) is 6.58 Å². The molecular formula is C10H13NO2. The van der Waals surface area contributed by atoms with E-state index in [0.29, 0.717) is 0 Å². The first-order valence-electron chi connectivity index (χ1n) is 3.73. The van der Waals surface area contributed by atoms with Crippen molar-refractivity contribution >= 4 is 11.7 Å². The molecule has 0 heterocycles. The number of aryl methyl sites for hydroxylation is 1. The maximum absolute atomic E-state index is 9.25. The van der Waals surface area contributed by atoms with Crippen LogP contribution in [0.5, 0.6) is 0 Å². The molecule has 0 aliphatic heterocycles. The van der Waals surface area contributed by atoms with Crippen LogP contribution in [0.4, 0.5) is 5.69 Å².